The van der Waals surface area contributed by atoms with E-state index in [0.717, 1.165) is 17.7 Å². The van der Waals surface area contributed by atoms with Gasteiger partial charge in [-0.2, -0.15) is 0 Å². The molecule has 0 saturated carbocycles. The minimum absolute atomic E-state index is 0.0135. The number of rotatable bonds is 1. The normalized spacial score (nSPS) is 11.1. The van der Waals surface area contributed by atoms with Crippen LogP contribution in [0, 0.1) is 0 Å². The molecule has 0 aliphatic rings. The van der Waals surface area contributed by atoms with Crippen molar-refractivity contribution >= 4 is 27.5 Å². The first-order valence-electron chi connectivity index (χ1n) is 7.24. The van der Waals surface area contributed by atoms with Crippen LogP contribution in [0.1, 0.15) is 26.3 Å². The summed E-state index contributed by atoms with van der Waals surface area (Å²) < 4.78 is 5.51. The van der Waals surface area contributed by atoms with E-state index in [9.17, 15) is 25.2 Å². The molecular formula is C18H16O6. The third-order valence-corrected chi connectivity index (χ3v) is 4.14. The van der Waals surface area contributed by atoms with Crippen molar-refractivity contribution in [2.75, 3.05) is 0 Å². The summed E-state index contributed by atoms with van der Waals surface area (Å²) in [6, 6.07) is 3.44. The Morgan fingerprint density at radius 1 is 0.875 bits per heavy atom. The van der Waals surface area contributed by atoms with Gasteiger partial charge >= 0.3 is 0 Å². The summed E-state index contributed by atoms with van der Waals surface area (Å²) in [4.78, 5) is 12.7. The Morgan fingerprint density at radius 3 is 2.08 bits per heavy atom. The first-order chi connectivity index (χ1) is 11.2. The third kappa shape index (κ3) is 2.15. The maximum atomic E-state index is 12.7. The number of benzene rings is 2. The van der Waals surface area contributed by atoms with Gasteiger partial charge < -0.3 is 24.8 Å². The summed E-state index contributed by atoms with van der Waals surface area (Å²) in [5.74, 6) is -1.50. The molecule has 0 spiro atoms. The van der Waals surface area contributed by atoms with Gasteiger partial charge in [0.1, 0.15) is 28.1 Å². The van der Waals surface area contributed by atoms with Gasteiger partial charge in [-0.3, -0.25) is 4.79 Å². The number of hydrogen-bond donors (Lipinski definition) is 4. The zero-order chi connectivity index (χ0) is 17.8. The Kier molecular flexibility index (Phi) is 3.41. The van der Waals surface area contributed by atoms with Gasteiger partial charge in [0.05, 0.1) is 10.9 Å². The minimum atomic E-state index is -0.568. The number of allylic oxidation sites excluding steroid dienone is 2. The third-order valence-electron chi connectivity index (χ3n) is 4.14. The number of phenolic OH excluding ortho intramolecular Hbond substituents is 4. The van der Waals surface area contributed by atoms with Gasteiger partial charge in [0.15, 0.2) is 11.5 Å². The zero-order valence-corrected chi connectivity index (χ0v) is 13.3. The molecule has 6 nitrogen and oxygen atoms in total. The highest BCUT2D eigenvalue weighted by molar-refractivity contribution is 5.98. The van der Waals surface area contributed by atoms with Crippen LogP contribution in [0.2, 0.25) is 0 Å². The topological polar surface area (TPSA) is 111 Å². The van der Waals surface area contributed by atoms with Crippen LogP contribution in [0.5, 0.6) is 23.0 Å². The van der Waals surface area contributed by atoms with E-state index < -0.39 is 16.9 Å². The minimum Gasteiger partial charge on any atom is -0.507 e. The molecule has 0 fully saturated rings. The molecule has 1 heterocycles. The highest BCUT2D eigenvalue weighted by Crippen LogP contribution is 2.41. The summed E-state index contributed by atoms with van der Waals surface area (Å²) >= 11 is 0. The van der Waals surface area contributed by atoms with Gasteiger partial charge in [0.25, 0.3) is 0 Å². The van der Waals surface area contributed by atoms with E-state index in [1.165, 1.54) is 6.07 Å². The molecule has 4 N–H and O–H groups in total. The van der Waals surface area contributed by atoms with Gasteiger partial charge in [-0.25, -0.2) is 0 Å². The molecule has 0 saturated heterocycles. The van der Waals surface area contributed by atoms with Gasteiger partial charge in [0.2, 0.25) is 5.43 Å². The van der Waals surface area contributed by atoms with Crippen molar-refractivity contribution in [3.05, 3.63) is 39.6 Å². The summed E-state index contributed by atoms with van der Waals surface area (Å²) in [5.41, 5.74) is 1.12. The lowest BCUT2D eigenvalue weighted by Gasteiger charge is -2.12. The van der Waals surface area contributed by atoms with Crippen LogP contribution in [0.3, 0.4) is 0 Å². The van der Waals surface area contributed by atoms with Crippen molar-refractivity contribution < 1.29 is 24.8 Å². The summed E-state index contributed by atoms with van der Waals surface area (Å²) in [5, 5.41) is 39.8. The average molecular weight is 328 g/mol. The molecule has 3 aromatic rings. The van der Waals surface area contributed by atoms with Gasteiger partial charge in [-0.15, -0.1) is 0 Å². The van der Waals surface area contributed by atoms with Crippen LogP contribution < -0.4 is 5.43 Å². The van der Waals surface area contributed by atoms with Crippen LogP contribution >= 0.6 is 0 Å². The zero-order valence-electron chi connectivity index (χ0n) is 13.3. The monoisotopic (exact) mass is 328 g/mol. The van der Waals surface area contributed by atoms with Gasteiger partial charge in [-0.1, -0.05) is 5.57 Å². The van der Waals surface area contributed by atoms with E-state index >= 15 is 0 Å². The highest BCUT2D eigenvalue weighted by Gasteiger charge is 2.20. The molecule has 0 aliphatic carbocycles. The first kappa shape index (κ1) is 15.7. The standard InChI is InChI=1S/C18H16O6/c1-7(2)8(3)15-12(21)6-14-16(18(15)23)17(22)9-4-10(19)11(20)5-13(9)24-14/h4-6,19-21,23H,1-3H3. The molecule has 6 heteroatoms. The van der Waals surface area contributed by atoms with Crippen molar-refractivity contribution in [1.29, 1.82) is 0 Å². The number of hydrogen-bond acceptors (Lipinski definition) is 6. The first-order valence-corrected chi connectivity index (χ1v) is 7.24. The summed E-state index contributed by atoms with van der Waals surface area (Å²) in [7, 11) is 0. The Labute approximate surface area is 136 Å². The van der Waals surface area contributed by atoms with E-state index in [4.69, 9.17) is 4.42 Å². The van der Waals surface area contributed by atoms with E-state index in [1.807, 2.05) is 13.8 Å². The Morgan fingerprint density at radius 2 is 1.46 bits per heavy atom. The quantitative estimate of drug-likeness (QED) is 0.401. The fourth-order valence-corrected chi connectivity index (χ4v) is 2.62. The molecule has 24 heavy (non-hydrogen) atoms. The highest BCUT2D eigenvalue weighted by atomic mass is 16.3. The Balaban J connectivity index is 2.55. The lowest BCUT2D eigenvalue weighted by Crippen LogP contribution is -2.03. The van der Waals surface area contributed by atoms with Crippen molar-refractivity contribution in [3.8, 4) is 23.0 Å². The molecule has 0 aliphatic heterocycles. The van der Waals surface area contributed by atoms with E-state index in [-0.39, 0.29) is 39.0 Å². The second-order valence-electron chi connectivity index (χ2n) is 5.89. The fraction of sp³-hybridized carbons (Fsp3) is 0.167. The Hall–Kier alpha value is -3.15. The SMILES string of the molecule is CC(C)=C(C)c1c(O)cc2oc3cc(O)c(O)cc3c(=O)c2c1O. The largest absolute Gasteiger partial charge is 0.507 e. The molecule has 0 radical (unpaired) electrons. The lowest BCUT2D eigenvalue weighted by atomic mass is 9.98. The number of phenols is 4. The fourth-order valence-electron chi connectivity index (χ4n) is 2.62. The second-order valence-corrected chi connectivity index (χ2v) is 5.89. The predicted molar refractivity (Wildman–Crippen MR) is 90.6 cm³/mol. The van der Waals surface area contributed by atoms with Gasteiger partial charge in [0, 0.05) is 12.1 Å². The summed E-state index contributed by atoms with van der Waals surface area (Å²) in [6.07, 6.45) is 0. The Bertz CT molecular complexity index is 1080. The maximum Gasteiger partial charge on any atom is 0.204 e. The van der Waals surface area contributed by atoms with E-state index in [1.54, 1.807) is 6.92 Å². The molecule has 124 valence electrons. The van der Waals surface area contributed by atoms with Crippen molar-refractivity contribution in [3.63, 3.8) is 0 Å². The molecule has 2 aromatic carbocycles. The molecule has 1 aromatic heterocycles. The van der Waals surface area contributed by atoms with E-state index in [0.29, 0.717) is 5.57 Å². The van der Waals surface area contributed by atoms with Crippen molar-refractivity contribution in [2.45, 2.75) is 20.8 Å². The lowest BCUT2D eigenvalue weighted by molar-refractivity contribution is 0.404. The van der Waals surface area contributed by atoms with Crippen molar-refractivity contribution in [2.24, 2.45) is 0 Å². The van der Waals surface area contributed by atoms with Crippen LogP contribution in [-0.4, -0.2) is 20.4 Å². The van der Waals surface area contributed by atoms with Crippen LogP contribution in [0.4, 0.5) is 0 Å². The maximum absolute atomic E-state index is 12.7. The molecular weight excluding hydrogens is 312 g/mol. The van der Waals surface area contributed by atoms with Crippen LogP contribution in [0.15, 0.2) is 33.0 Å². The van der Waals surface area contributed by atoms with Crippen molar-refractivity contribution in [1.82, 2.24) is 0 Å². The summed E-state index contributed by atoms with van der Waals surface area (Å²) in [6.45, 7) is 5.37. The van der Waals surface area contributed by atoms with E-state index in [2.05, 4.69) is 0 Å². The molecule has 3 rings (SSSR count). The number of fused-ring (bicyclic) bond motifs is 2. The predicted octanol–water partition coefficient (Wildman–Crippen LogP) is 3.58. The van der Waals surface area contributed by atoms with Gasteiger partial charge in [-0.05, 0) is 32.4 Å². The molecule has 0 atom stereocenters. The smallest absolute Gasteiger partial charge is 0.204 e. The average Bonchev–Trinajstić information content (AvgIpc) is 2.49. The molecule has 0 bridgehead atoms. The number of aromatic hydroxyl groups is 4. The van der Waals surface area contributed by atoms with Crippen LogP contribution in [0.25, 0.3) is 27.5 Å². The second kappa shape index (κ2) is 5.19. The molecule has 0 unspecified atom stereocenters. The molecule has 0 amide bonds. The van der Waals surface area contributed by atoms with Crippen LogP contribution in [-0.2, 0) is 0 Å².